The standard InChI is InChI=1S/C33H24Cl2N4O2/c1-22-7-13-28(14-8-22)37-33(40)25(19-36)17-26-20-39(29-5-3-2-4-6-29)38-32(26)23-10-15-30(16-11-23)41-21-24-9-12-27(34)18-31(24)35/h2-18,20H,21H2,1H3,(H,37,40)/b25-17+. The average Bonchev–Trinajstić information content (AvgIpc) is 3.41. The maximum absolute atomic E-state index is 13.0. The lowest BCUT2D eigenvalue weighted by molar-refractivity contribution is -0.112. The van der Waals surface area contributed by atoms with E-state index < -0.39 is 5.91 Å². The summed E-state index contributed by atoms with van der Waals surface area (Å²) >= 11 is 12.3. The Morgan fingerprint density at radius 2 is 1.73 bits per heavy atom. The second-order valence-electron chi connectivity index (χ2n) is 9.25. The number of nitriles is 1. The van der Waals surface area contributed by atoms with E-state index in [1.807, 2.05) is 85.8 Å². The molecule has 1 amide bonds. The van der Waals surface area contributed by atoms with Crippen LogP contribution >= 0.6 is 23.2 Å². The number of amides is 1. The number of aryl methyl sites for hydroxylation is 1. The van der Waals surface area contributed by atoms with Crippen molar-refractivity contribution < 1.29 is 9.53 Å². The zero-order valence-electron chi connectivity index (χ0n) is 22.0. The summed E-state index contributed by atoms with van der Waals surface area (Å²) in [4.78, 5) is 13.0. The van der Waals surface area contributed by atoms with Crippen LogP contribution in [0.1, 0.15) is 16.7 Å². The number of hydrogen-bond donors (Lipinski definition) is 1. The van der Waals surface area contributed by atoms with Gasteiger partial charge in [0, 0.05) is 38.6 Å². The van der Waals surface area contributed by atoms with E-state index in [2.05, 4.69) is 5.32 Å². The molecule has 1 N–H and O–H groups in total. The van der Waals surface area contributed by atoms with Crippen LogP contribution in [-0.4, -0.2) is 15.7 Å². The first kappa shape index (κ1) is 27.7. The van der Waals surface area contributed by atoms with Crippen molar-refractivity contribution >= 4 is 40.9 Å². The van der Waals surface area contributed by atoms with Gasteiger partial charge in [0.1, 0.15) is 24.0 Å². The van der Waals surface area contributed by atoms with Crippen molar-refractivity contribution in [3.05, 3.63) is 136 Å². The molecule has 0 aliphatic rings. The van der Waals surface area contributed by atoms with Gasteiger partial charge in [-0.3, -0.25) is 4.79 Å². The average molecular weight is 579 g/mol. The van der Waals surface area contributed by atoms with Crippen molar-refractivity contribution in [2.45, 2.75) is 13.5 Å². The lowest BCUT2D eigenvalue weighted by atomic mass is 10.1. The molecule has 0 unspecified atom stereocenters. The molecule has 41 heavy (non-hydrogen) atoms. The minimum atomic E-state index is -0.501. The number of rotatable bonds is 8. The third-order valence-corrected chi connectivity index (χ3v) is 6.86. The number of para-hydroxylation sites is 1. The maximum Gasteiger partial charge on any atom is 0.266 e. The van der Waals surface area contributed by atoms with E-state index >= 15 is 0 Å². The van der Waals surface area contributed by atoms with Crippen LogP contribution < -0.4 is 10.1 Å². The van der Waals surface area contributed by atoms with Gasteiger partial charge in [0.15, 0.2) is 0 Å². The monoisotopic (exact) mass is 578 g/mol. The van der Waals surface area contributed by atoms with E-state index in [1.54, 1.807) is 41.2 Å². The van der Waals surface area contributed by atoms with Gasteiger partial charge in [-0.1, -0.05) is 65.2 Å². The van der Waals surface area contributed by atoms with E-state index in [0.29, 0.717) is 32.7 Å². The zero-order chi connectivity index (χ0) is 28.8. The minimum Gasteiger partial charge on any atom is -0.489 e. The molecule has 1 aromatic heterocycles. The van der Waals surface area contributed by atoms with Crippen molar-refractivity contribution in [2.75, 3.05) is 5.32 Å². The van der Waals surface area contributed by atoms with Crippen LogP contribution in [0.25, 0.3) is 23.0 Å². The van der Waals surface area contributed by atoms with Crippen LogP contribution in [0.5, 0.6) is 5.75 Å². The largest absolute Gasteiger partial charge is 0.489 e. The van der Waals surface area contributed by atoms with Gasteiger partial charge in [-0.25, -0.2) is 4.68 Å². The Morgan fingerprint density at radius 1 is 1.00 bits per heavy atom. The van der Waals surface area contributed by atoms with E-state index in [9.17, 15) is 10.1 Å². The SMILES string of the molecule is Cc1ccc(NC(=O)/C(C#N)=C/c2cn(-c3ccccc3)nc2-c2ccc(OCc3ccc(Cl)cc3Cl)cc2)cc1. The van der Waals surface area contributed by atoms with E-state index in [1.165, 1.54) is 0 Å². The van der Waals surface area contributed by atoms with Gasteiger partial charge >= 0.3 is 0 Å². The summed E-state index contributed by atoms with van der Waals surface area (Å²) in [6.07, 6.45) is 3.35. The van der Waals surface area contributed by atoms with Crippen LogP contribution in [0.3, 0.4) is 0 Å². The molecule has 0 saturated carbocycles. The number of aromatic nitrogens is 2. The molecule has 0 aliphatic heterocycles. The highest BCUT2D eigenvalue weighted by Crippen LogP contribution is 2.29. The lowest BCUT2D eigenvalue weighted by Gasteiger charge is -2.09. The van der Waals surface area contributed by atoms with Crippen LogP contribution in [0.2, 0.25) is 10.0 Å². The summed E-state index contributed by atoms with van der Waals surface area (Å²) in [5.41, 5.74) is 5.32. The topological polar surface area (TPSA) is 79.9 Å². The number of ether oxygens (including phenoxy) is 1. The third-order valence-electron chi connectivity index (χ3n) is 6.27. The van der Waals surface area contributed by atoms with Crippen LogP contribution in [0, 0.1) is 18.3 Å². The molecule has 1 heterocycles. The van der Waals surface area contributed by atoms with Crippen molar-refractivity contribution in [3.63, 3.8) is 0 Å². The van der Waals surface area contributed by atoms with Crippen molar-refractivity contribution in [1.29, 1.82) is 5.26 Å². The molecule has 0 atom stereocenters. The summed E-state index contributed by atoms with van der Waals surface area (Å²) in [6, 6.07) is 31.7. The van der Waals surface area contributed by atoms with Crippen molar-refractivity contribution in [3.8, 4) is 28.8 Å². The number of nitrogens with one attached hydrogen (secondary N) is 1. The number of hydrogen-bond acceptors (Lipinski definition) is 4. The van der Waals surface area contributed by atoms with Crippen molar-refractivity contribution in [2.24, 2.45) is 0 Å². The summed E-state index contributed by atoms with van der Waals surface area (Å²) in [7, 11) is 0. The Bertz CT molecular complexity index is 1750. The zero-order valence-corrected chi connectivity index (χ0v) is 23.5. The first-order valence-electron chi connectivity index (χ1n) is 12.7. The van der Waals surface area contributed by atoms with E-state index in [0.717, 1.165) is 22.4 Å². The van der Waals surface area contributed by atoms with Crippen LogP contribution in [0.15, 0.2) is 109 Å². The Labute approximate surface area is 248 Å². The summed E-state index contributed by atoms with van der Waals surface area (Å²) in [5.74, 6) is 0.147. The first-order valence-corrected chi connectivity index (χ1v) is 13.5. The molecule has 8 heteroatoms. The molecule has 4 aromatic carbocycles. The highest BCUT2D eigenvalue weighted by atomic mass is 35.5. The maximum atomic E-state index is 13.0. The quantitative estimate of drug-likeness (QED) is 0.148. The lowest BCUT2D eigenvalue weighted by Crippen LogP contribution is -2.13. The van der Waals surface area contributed by atoms with Gasteiger partial charge in [-0.2, -0.15) is 10.4 Å². The minimum absolute atomic E-state index is 0.0424. The second-order valence-corrected chi connectivity index (χ2v) is 10.1. The molecular formula is C33H24Cl2N4O2. The number of nitrogens with zero attached hydrogens (tertiary/aromatic N) is 3. The Balaban J connectivity index is 1.43. The smallest absolute Gasteiger partial charge is 0.266 e. The normalized spacial score (nSPS) is 11.1. The Morgan fingerprint density at radius 3 is 2.41 bits per heavy atom. The van der Waals surface area contributed by atoms with Gasteiger partial charge in [0.25, 0.3) is 5.91 Å². The number of benzene rings is 4. The fraction of sp³-hybridized carbons (Fsp3) is 0.0606. The molecule has 0 bridgehead atoms. The van der Waals surface area contributed by atoms with E-state index in [-0.39, 0.29) is 12.2 Å². The van der Waals surface area contributed by atoms with Gasteiger partial charge in [0.05, 0.1) is 11.4 Å². The number of carbonyl (C=O) groups excluding carboxylic acids is 1. The summed E-state index contributed by atoms with van der Waals surface area (Å²) in [6.45, 7) is 2.25. The fourth-order valence-corrected chi connectivity index (χ4v) is 4.54. The number of carbonyl (C=O) groups is 1. The molecule has 0 aliphatic carbocycles. The molecule has 6 nitrogen and oxygen atoms in total. The second kappa shape index (κ2) is 12.6. The highest BCUT2D eigenvalue weighted by Gasteiger charge is 2.16. The molecule has 0 fully saturated rings. The molecule has 202 valence electrons. The van der Waals surface area contributed by atoms with Crippen molar-refractivity contribution in [1.82, 2.24) is 9.78 Å². The Kier molecular flexibility index (Phi) is 8.50. The Hall–Kier alpha value is -4.83. The van der Waals surface area contributed by atoms with Gasteiger partial charge in [-0.05, 0) is 73.7 Å². The molecule has 0 spiro atoms. The highest BCUT2D eigenvalue weighted by molar-refractivity contribution is 6.35. The van der Waals surface area contributed by atoms with E-state index in [4.69, 9.17) is 33.0 Å². The predicted molar refractivity (Wildman–Crippen MR) is 163 cm³/mol. The summed E-state index contributed by atoms with van der Waals surface area (Å²) < 4.78 is 7.65. The molecule has 5 aromatic rings. The number of anilines is 1. The molecular weight excluding hydrogens is 555 g/mol. The number of halogens is 2. The van der Waals surface area contributed by atoms with Gasteiger partial charge in [0.2, 0.25) is 0 Å². The predicted octanol–water partition coefficient (Wildman–Crippen LogP) is 8.28. The van der Waals surface area contributed by atoms with Gasteiger partial charge in [-0.15, -0.1) is 0 Å². The van der Waals surface area contributed by atoms with Gasteiger partial charge < -0.3 is 10.1 Å². The van der Waals surface area contributed by atoms with Crippen LogP contribution in [0.4, 0.5) is 5.69 Å². The third kappa shape index (κ3) is 6.85. The summed E-state index contributed by atoms with van der Waals surface area (Å²) in [5, 5.41) is 18.5. The fourth-order valence-electron chi connectivity index (χ4n) is 4.08. The molecule has 0 radical (unpaired) electrons. The molecule has 0 saturated heterocycles. The van der Waals surface area contributed by atoms with Crippen LogP contribution in [-0.2, 0) is 11.4 Å². The first-order chi connectivity index (χ1) is 19.9. The molecule has 5 rings (SSSR count).